The van der Waals surface area contributed by atoms with Gasteiger partial charge in [-0.15, -0.1) is 6.58 Å². The number of nitrogens with one attached hydrogen (secondary N) is 2. The Morgan fingerprint density at radius 1 is 1.37 bits per heavy atom. The van der Waals surface area contributed by atoms with Crippen LogP contribution in [0.1, 0.15) is 16.8 Å². The summed E-state index contributed by atoms with van der Waals surface area (Å²) in [4.78, 5) is 22.9. The molecular weight excluding hydrogens is 244 g/mol. The lowest BCUT2D eigenvalue weighted by Gasteiger charge is -2.10. The van der Waals surface area contributed by atoms with Crippen LogP contribution in [0.15, 0.2) is 36.9 Å². The van der Waals surface area contributed by atoms with Crippen LogP contribution < -0.4 is 10.6 Å². The van der Waals surface area contributed by atoms with Crippen molar-refractivity contribution in [2.45, 2.75) is 6.42 Å². The van der Waals surface area contributed by atoms with E-state index in [4.69, 9.17) is 0 Å². The van der Waals surface area contributed by atoms with Gasteiger partial charge in [-0.1, -0.05) is 18.2 Å². The minimum absolute atomic E-state index is 0.157. The van der Waals surface area contributed by atoms with Crippen LogP contribution in [-0.4, -0.2) is 32.1 Å². The third kappa shape index (κ3) is 4.83. The molecule has 5 nitrogen and oxygen atoms in total. The summed E-state index contributed by atoms with van der Waals surface area (Å²) in [7, 11) is 1.32. The largest absolute Gasteiger partial charge is 0.469 e. The number of benzene rings is 1. The summed E-state index contributed by atoms with van der Waals surface area (Å²) in [6.07, 6.45) is 1.87. The molecule has 0 aromatic heterocycles. The molecule has 5 heteroatoms. The SMILES string of the molecule is C=CCNc1ccccc1C(=O)NCCC(=O)OC. The summed E-state index contributed by atoms with van der Waals surface area (Å²) >= 11 is 0. The molecule has 102 valence electrons. The molecule has 0 aliphatic rings. The number of rotatable bonds is 7. The summed E-state index contributed by atoms with van der Waals surface area (Å²) in [5, 5.41) is 5.76. The number of carbonyl (C=O) groups excluding carboxylic acids is 2. The molecule has 1 amide bonds. The molecule has 0 fully saturated rings. The molecule has 0 aliphatic carbocycles. The Morgan fingerprint density at radius 2 is 2.11 bits per heavy atom. The summed E-state index contributed by atoms with van der Waals surface area (Å²) in [5.74, 6) is -0.575. The van der Waals surface area contributed by atoms with Crippen molar-refractivity contribution in [1.29, 1.82) is 0 Å². The van der Waals surface area contributed by atoms with Gasteiger partial charge in [-0.2, -0.15) is 0 Å². The van der Waals surface area contributed by atoms with Crippen LogP contribution in [-0.2, 0) is 9.53 Å². The molecule has 0 radical (unpaired) electrons. The van der Waals surface area contributed by atoms with Crippen LogP contribution in [0.2, 0.25) is 0 Å². The minimum Gasteiger partial charge on any atom is -0.469 e. The number of esters is 1. The van der Waals surface area contributed by atoms with E-state index < -0.39 is 0 Å². The Bertz CT molecular complexity index is 458. The molecule has 1 aromatic rings. The fraction of sp³-hybridized carbons (Fsp3) is 0.286. The molecule has 0 saturated carbocycles. The van der Waals surface area contributed by atoms with E-state index in [1.165, 1.54) is 7.11 Å². The van der Waals surface area contributed by atoms with Crippen LogP contribution in [0.3, 0.4) is 0 Å². The molecule has 0 unspecified atom stereocenters. The number of para-hydroxylation sites is 1. The number of amides is 1. The number of ether oxygens (including phenoxy) is 1. The highest BCUT2D eigenvalue weighted by atomic mass is 16.5. The molecule has 19 heavy (non-hydrogen) atoms. The van der Waals surface area contributed by atoms with Gasteiger partial charge in [0.25, 0.3) is 5.91 Å². The van der Waals surface area contributed by atoms with E-state index in [0.29, 0.717) is 12.1 Å². The van der Waals surface area contributed by atoms with Gasteiger partial charge >= 0.3 is 5.97 Å². The highest BCUT2D eigenvalue weighted by molar-refractivity contribution is 5.99. The first-order valence-electron chi connectivity index (χ1n) is 5.98. The van der Waals surface area contributed by atoms with E-state index in [-0.39, 0.29) is 24.8 Å². The van der Waals surface area contributed by atoms with Gasteiger partial charge in [-0.3, -0.25) is 9.59 Å². The third-order valence-electron chi connectivity index (χ3n) is 2.45. The number of methoxy groups -OCH3 is 1. The number of hydrogen-bond donors (Lipinski definition) is 2. The van der Waals surface area contributed by atoms with E-state index in [0.717, 1.165) is 5.69 Å². The average Bonchev–Trinajstić information content (AvgIpc) is 2.45. The Kier molecular flexibility index (Phi) is 6.15. The Morgan fingerprint density at radius 3 is 2.79 bits per heavy atom. The zero-order valence-electron chi connectivity index (χ0n) is 10.9. The number of carbonyl (C=O) groups is 2. The molecule has 0 spiro atoms. The summed E-state index contributed by atoms with van der Waals surface area (Å²) in [6, 6.07) is 7.17. The van der Waals surface area contributed by atoms with Crippen molar-refractivity contribution < 1.29 is 14.3 Å². The molecule has 1 rings (SSSR count). The predicted octanol–water partition coefficient (Wildman–Crippen LogP) is 1.58. The molecule has 0 atom stereocenters. The number of anilines is 1. The van der Waals surface area contributed by atoms with Crippen LogP contribution in [0.5, 0.6) is 0 Å². The molecule has 0 aliphatic heterocycles. The Labute approximate surface area is 112 Å². The van der Waals surface area contributed by atoms with Crippen molar-refractivity contribution in [3.05, 3.63) is 42.5 Å². The first kappa shape index (κ1) is 14.8. The molecule has 1 aromatic carbocycles. The molecule has 2 N–H and O–H groups in total. The van der Waals surface area contributed by atoms with Crippen molar-refractivity contribution in [3.63, 3.8) is 0 Å². The maximum Gasteiger partial charge on any atom is 0.307 e. The zero-order chi connectivity index (χ0) is 14.1. The second-order valence-corrected chi connectivity index (χ2v) is 3.80. The van der Waals surface area contributed by atoms with Gasteiger partial charge in [-0.25, -0.2) is 0 Å². The van der Waals surface area contributed by atoms with Gasteiger partial charge in [0.2, 0.25) is 0 Å². The normalized spacial score (nSPS) is 9.53. The standard InChI is InChI=1S/C14H18N2O3/c1-3-9-15-12-7-5-4-6-11(12)14(18)16-10-8-13(17)19-2/h3-7,15H,1,8-10H2,2H3,(H,16,18). The molecule has 0 heterocycles. The second kappa shape index (κ2) is 7.92. The quantitative estimate of drug-likeness (QED) is 0.578. The van der Waals surface area contributed by atoms with Gasteiger partial charge < -0.3 is 15.4 Å². The lowest BCUT2D eigenvalue weighted by atomic mass is 10.1. The maximum atomic E-state index is 12.0. The van der Waals surface area contributed by atoms with Crippen molar-refractivity contribution in [2.75, 3.05) is 25.5 Å². The van der Waals surface area contributed by atoms with Crippen molar-refractivity contribution in [1.82, 2.24) is 5.32 Å². The van der Waals surface area contributed by atoms with Crippen LogP contribution in [0.4, 0.5) is 5.69 Å². The maximum absolute atomic E-state index is 12.0. The first-order chi connectivity index (χ1) is 9.19. The van der Waals surface area contributed by atoms with E-state index in [9.17, 15) is 9.59 Å². The summed E-state index contributed by atoms with van der Waals surface area (Å²) in [5.41, 5.74) is 1.27. The lowest BCUT2D eigenvalue weighted by molar-refractivity contribution is -0.140. The topological polar surface area (TPSA) is 67.4 Å². The fourth-order valence-electron chi connectivity index (χ4n) is 1.49. The van der Waals surface area contributed by atoms with Gasteiger partial charge in [0, 0.05) is 18.8 Å². The van der Waals surface area contributed by atoms with E-state index in [2.05, 4.69) is 21.9 Å². The van der Waals surface area contributed by atoms with Gasteiger partial charge in [0.15, 0.2) is 0 Å². The smallest absolute Gasteiger partial charge is 0.307 e. The molecule has 0 saturated heterocycles. The van der Waals surface area contributed by atoms with Crippen LogP contribution >= 0.6 is 0 Å². The van der Waals surface area contributed by atoms with Crippen molar-refractivity contribution >= 4 is 17.6 Å². The van der Waals surface area contributed by atoms with Crippen LogP contribution in [0, 0.1) is 0 Å². The highest BCUT2D eigenvalue weighted by Gasteiger charge is 2.10. The van der Waals surface area contributed by atoms with Gasteiger partial charge in [-0.05, 0) is 12.1 Å². The van der Waals surface area contributed by atoms with E-state index in [1.54, 1.807) is 18.2 Å². The monoisotopic (exact) mass is 262 g/mol. The van der Waals surface area contributed by atoms with Crippen molar-refractivity contribution in [2.24, 2.45) is 0 Å². The Hall–Kier alpha value is -2.30. The van der Waals surface area contributed by atoms with Crippen LogP contribution in [0.25, 0.3) is 0 Å². The predicted molar refractivity (Wildman–Crippen MR) is 74.1 cm³/mol. The van der Waals surface area contributed by atoms with Crippen molar-refractivity contribution in [3.8, 4) is 0 Å². The van der Waals surface area contributed by atoms with Gasteiger partial charge in [0.1, 0.15) is 0 Å². The molecule has 0 bridgehead atoms. The second-order valence-electron chi connectivity index (χ2n) is 3.80. The highest BCUT2D eigenvalue weighted by Crippen LogP contribution is 2.14. The average molecular weight is 262 g/mol. The Balaban J connectivity index is 2.60. The molecular formula is C14H18N2O3. The number of hydrogen-bond acceptors (Lipinski definition) is 4. The third-order valence-corrected chi connectivity index (χ3v) is 2.45. The summed E-state index contributed by atoms with van der Waals surface area (Å²) in [6.45, 7) is 4.44. The van der Waals surface area contributed by atoms with E-state index in [1.807, 2.05) is 12.1 Å². The first-order valence-corrected chi connectivity index (χ1v) is 5.98. The zero-order valence-corrected chi connectivity index (χ0v) is 10.9. The fourth-order valence-corrected chi connectivity index (χ4v) is 1.49. The lowest BCUT2D eigenvalue weighted by Crippen LogP contribution is -2.27. The van der Waals surface area contributed by atoms with Gasteiger partial charge in [0.05, 0.1) is 19.1 Å². The van der Waals surface area contributed by atoms with E-state index >= 15 is 0 Å². The summed E-state index contributed by atoms with van der Waals surface area (Å²) < 4.78 is 4.50. The minimum atomic E-state index is -0.349.